The smallest absolute Gasteiger partial charge is 0.140 e. The van der Waals surface area contributed by atoms with Crippen molar-refractivity contribution in [2.75, 3.05) is 30.3 Å². The highest BCUT2D eigenvalue weighted by Gasteiger charge is 2.22. The summed E-state index contributed by atoms with van der Waals surface area (Å²) in [6.45, 7) is 5.28. The van der Waals surface area contributed by atoms with Crippen LogP contribution in [-0.4, -0.2) is 40.6 Å². The van der Waals surface area contributed by atoms with E-state index >= 15 is 0 Å². The van der Waals surface area contributed by atoms with Crippen LogP contribution in [0.4, 0.5) is 11.5 Å². The van der Waals surface area contributed by atoms with Crippen molar-refractivity contribution in [1.29, 1.82) is 0 Å². The van der Waals surface area contributed by atoms with E-state index in [4.69, 9.17) is 5.73 Å². The molecule has 3 aromatic heterocycles. The number of anilines is 2. The lowest BCUT2D eigenvalue weighted by Gasteiger charge is -2.35. The van der Waals surface area contributed by atoms with Gasteiger partial charge in [0.05, 0.1) is 17.1 Å². The van der Waals surface area contributed by atoms with Crippen molar-refractivity contribution in [3.63, 3.8) is 0 Å². The Morgan fingerprint density at radius 1 is 1.43 bits per heavy atom. The molecule has 0 radical (unpaired) electrons. The highest BCUT2D eigenvalue weighted by molar-refractivity contribution is 6.12. The van der Waals surface area contributed by atoms with Gasteiger partial charge in [-0.15, -0.1) is 0 Å². The topological polar surface area (TPSA) is 82.9 Å². The summed E-state index contributed by atoms with van der Waals surface area (Å²) in [6, 6.07) is 4.60. The molecule has 0 aliphatic carbocycles. The number of aromatic nitrogens is 3. The van der Waals surface area contributed by atoms with Gasteiger partial charge in [-0.3, -0.25) is 0 Å². The zero-order valence-corrected chi connectivity index (χ0v) is 13.3. The molecular weight excluding hydrogens is 288 g/mol. The lowest BCUT2D eigenvalue weighted by Crippen LogP contribution is -2.45. The second kappa shape index (κ2) is 5.70. The Labute approximate surface area is 135 Å². The number of hydrogen-bond acceptors (Lipinski definition) is 5. The SMILES string of the molecule is CCN[C@@H]1CCCN(c2ccnc3[nH]c4cnc(N)cc4c23)C1. The van der Waals surface area contributed by atoms with Crippen LogP contribution in [0.2, 0.25) is 0 Å². The molecule has 0 unspecified atom stereocenters. The van der Waals surface area contributed by atoms with Crippen LogP contribution < -0.4 is 16.0 Å². The molecule has 120 valence electrons. The average Bonchev–Trinajstić information content (AvgIpc) is 2.93. The maximum Gasteiger partial charge on any atom is 0.140 e. The highest BCUT2D eigenvalue weighted by Crippen LogP contribution is 2.34. The average molecular weight is 310 g/mol. The van der Waals surface area contributed by atoms with E-state index in [9.17, 15) is 0 Å². The summed E-state index contributed by atoms with van der Waals surface area (Å²) in [7, 11) is 0. The summed E-state index contributed by atoms with van der Waals surface area (Å²) < 4.78 is 0. The first-order chi connectivity index (χ1) is 11.3. The van der Waals surface area contributed by atoms with E-state index in [1.807, 2.05) is 12.3 Å². The summed E-state index contributed by atoms with van der Waals surface area (Å²) in [4.78, 5) is 14.5. The maximum absolute atomic E-state index is 5.90. The second-order valence-corrected chi connectivity index (χ2v) is 6.18. The molecule has 4 rings (SSSR count). The summed E-state index contributed by atoms with van der Waals surface area (Å²) in [6.07, 6.45) is 6.10. The number of nitrogen functional groups attached to an aromatic ring is 1. The molecule has 0 aromatic carbocycles. The minimum absolute atomic E-state index is 0.539. The van der Waals surface area contributed by atoms with Gasteiger partial charge >= 0.3 is 0 Å². The molecule has 4 heterocycles. The van der Waals surface area contributed by atoms with Crippen molar-refractivity contribution in [3.05, 3.63) is 24.5 Å². The van der Waals surface area contributed by atoms with E-state index in [1.54, 1.807) is 6.20 Å². The Hall–Kier alpha value is -2.34. The Balaban J connectivity index is 1.83. The Morgan fingerprint density at radius 2 is 2.35 bits per heavy atom. The van der Waals surface area contributed by atoms with Gasteiger partial charge in [-0.25, -0.2) is 9.97 Å². The fraction of sp³-hybridized carbons (Fsp3) is 0.412. The molecule has 0 spiro atoms. The summed E-state index contributed by atoms with van der Waals surface area (Å²) in [5.41, 5.74) is 9.01. The van der Waals surface area contributed by atoms with Crippen molar-refractivity contribution >= 4 is 33.4 Å². The molecule has 1 fully saturated rings. The van der Waals surface area contributed by atoms with E-state index in [-0.39, 0.29) is 0 Å². The van der Waals surface area contributed by atoms with E-state index in [1.165, 1.54) is 18.5 Å². The summed E-state index contributed by atoms with van der Waals surface area (Å²) in [5, 5.41) is 5.82. The summed E-state index contributed by atoms with van der Waals surface area (Å²) >= 11 is 0. The third kappa shape index (κ3) is 2.49. The Kier molecular flexibility index (Phi) is 3.53. The number of aromatic amines is 1. The van der Waals surface area contributed by atoms with Gasteiger partial charge in [-0.05, 0) is 31.5 Å². The molecule has 1 atom stereocenters. The van der Waals surface area contributed by atoms with Crippen LogP contribution in [0.1, 0.15) is 19.8 Å². The normalized spacial score (nSPS) is 18.8. The molecule has 4 N–H and O–H groups in total. The number of nitrogens with one attached hydrogen (secondary N) is 2. The van der Waals surface area contributed by atoms with Gasteiger partial charge < -0.3 is 20.9 Å². The van der Waals surface area contributed by atoms with Gasteiger partial charge in [-0.1, -0.05) is 6.92 Å². The number of H-pyrrole nitrogens is 1. The quantitative estimate of drug-likeness (QED) is 0.691. The number of fused-ring (bicyclic) bond motifs is 3. The standard InChI is InChI=1S/C17H22N6/c1-2-19-11-4-3-7-23(10-11)14-5-6-20-17-16(14)12-8-15(18)21-9-13(12)22-17/h5-6,8-9,11,19H,2-4,7,10H2,1H3,(H2,18,21)(H,20,22)/t11-/m1/s1. The predicted molar refractivity (Wildman–Crippen MR) is 94.7 cm³/mol. The number of hydrogen-bond donors (Lipinski definition) is 3. The highest BCUT2D eigenvalue weighted by atomic mass is 15.2. The van der Waals surface area contributed by atoms with Gasteiger partial charge in [0.1, 0.15) is 11.5 Å². The zero-order valence-electron chi connectivity index (χ0n) is 13.3. The fourth-order valence-corrected chi connectivity index (χ4v) is 3.63. The molecule has 6 heteroatoms. The second-order valence-electron chi connectivity index (χ2n) is 6.18. The molecule has 1 saturated heterocycles. The first-order valence-electron chi connectivity index (χ1n) is 8.26. The Morgan fingerprint density at radius 3 is 3.22 bits per heavy atom. The lowest BCUT2D eigenvalue weighted by molar-refractivity contribution is 0.432. The number of piperidine rings is 1. The molecule has 1 aliphatic rings. The number of nitrogens with zero attached hydrogens (tertiary/aromatic N) is 3. The van der Waals surface area contributed by atoms with Crippen molar-refractivity contribution in [1.82, 2.24) is 20.3 Å². The number of rotatable bonds is 3. The van der Waals surface area contributed by atoms with E-state index in [0.29, 0.717) is 11.9 Å². The zero-order chi connectivity index (χ0) is 15.8. The van der Waals surface area contributed by atoms with Gasteiger partial charge in [0.25, 0.3) is 0 Å². The molecule has 23 heavy (non-hydrogen) atoms. The van der Waals surface area contributed by atoms with Gasteiger partial charge in [-0.2, -0.15) is 0 Å². The van der Waals surface area contributed by atoms with Crippen molar-refractivity contribution in [3.8, 4) is 0 Å². The minimum Gasteiger partial charge on any atom is -0.384 e. The van der Waals surface area contributed by atoms with Gasteiger partial charge in [0, 0.05) is 36.4 Å². The number of nitrogens with two attached hydrogens (primary N) is 1. The van der Waals surface area contributed by atoms with Crippen LogP contribution >= 0.6 is 0 Å². The first kappa shape index (κ1) is 14.3. The van der Waals surface area contributed by atoms with Crippen LogP contribution in [0, 0.1) is 0 Å². The van der Waals surface area contributed by atoms with E-state index < -0.39 is 0 Å². The van der Waals surface area contributed by atoms with Crippen LogP contribution in [0.3, 0.4) is 0 Å². The molecule has 1 aliphatic heterocycles. The van der Waals surface area contributed by atoms with Crippen molar-refractivity contribution < 1.29 is 0 Å². The third-order valence-electron chi connectivity index (χ3n) is 4.63. The lowest BCUT2D eigenvalue weighted by atomic mass is 10.0. The predicted octanol–water partition coefficient (Wildman–Crippen LogP) is 2.27. The number of pyridine rings is 2. The summed E-state index contributed by atoms with van der Waals surface area (Å²) in [5.74, 6) is 0.539. The maximum atomic E-state index is 5.90. The third-order valence-corrected chi connectivity index (χ3v) is 4.63. The fourth-order valence-electron chi connectivity index (χ4n) is 3.63. The van der Waals surface area contributed by atoms with Gasteiger partial charge in [0.15, 0.2) is 0 Å². The van der Waals surface area contributed by atoms with Crippen molar-refractivity contribution in [2.45, 2.75) is 25.8 Å². The van der Waals surface area contributed by atoms with Crippen LogP contribution in [-0.2, 0) is 0 Å². The monoisotopic (exact) mass is 310 g/mol. The number of likely N-dealkylation sites (N-methyl/N-ethyl adjacent to an activating group) is 1. The first-order valence-corrected chi connectivity index (χ1v) is 8.26. The molecular formula is C17H22N6. The van der Waals surface area contributed by atoms with Crippen LogP contribution in [0.15, 0.2) is 24.5 Å². The van der Waals surface area contributed by atoms with Crippen LogP contribution in [0.25, 0.3) is 21.9 Å². The Bertz CT molecular complexity index is 838. The molecule has 0 amide bonds. The molecule has 0 bridgehead atoms. The molecule has 0 saturated carbocycles. The van der Waals surface area contributed by atoms with E-state index in [2.05, 4.69) is 38.2 Å². The minimum atomic E-state index is 0.539. The van der Waals surface area contributed by atoms with Crippen LogP contribution in [0.5, 0.6) is 0 Å². The van der Waals surface area contributed by atoms with Crippen molar-refractivity contribution in [2.24, 2.45) is 0 Å². The largest absolute Gasteiger partial charge is 0.384 e. The molecule has 6 nitrogen and oxygen atoms in total. The molecule has 3 aromatic rings. The van der Waals surface area contributed by atoms with E-state index in [0.717, 1.165) is 41.6 Å². The van der Waals surface area contributed by atoms with Gasteiger partial charge in [0.2, 0.25) is 0 Å².